The number of guanidine groups is 1. The maximum absolute atomic E-state index is 5.51. The van der Waals surface area contributed by atoms with Crippen molar-refractivity contribution in [2.24, 2.45) is 10.8 Å². The Morgan fingerprint density at radius 1 is 1.40 bits per heavy atom. The van der Waals surface area contributed by atoms with Gasteiger partial charge in [-0.15, -0.1) is 0 Å². The number of fused-ring (bicyclic) bond motifs is 1. The van der Waals surface area contributed by atoms with Crippen molar-refractivity contribution >= 4 is 22.5 Å². The van der Waals surface area contributed by atoms with Gasteiger partial charge in [-0.3, -0.25) is 10.4 Å². The number of ether oxygens (including phenoxy) is 1. The quantitative estimate of drug-likeness (QED) is 0.340. The Morgan fingerprint density at radius 2 is 2.25 bits per heavy atom. The number of nitrogens with zero attached hydrogens (tertiary/aromatic N) is 2. The van der Waals surface area contributed by atoms with Gasteiger partial charge < -0.3 is 10.1 Å². The summed E-state index contributed by atoms with van der Waals surface area (Å²) in [5.41, 5.74) is 4.38. The van der Waals surface area contributed by atoms with E-state index in [0.29, 0.717) is 12.6 Å². The monoisotopic (exact) mass is 273 g/mol. The maximum Gasteiger partial charge on any atom is 0.210 e. The minimum atomic E-state index is 0.00616. The Morgan fingerprint density at radius 3 is 3.00 bits per heavy atom. The summed E-state index contributed by atoms with van der Waals surface area (Å²) in [5.74, 6) is 6.00. The molecule has 2 rings (SSSR count). The van der Waals surface area contributed by atoms with Crippen molar-refractivity contribution < 1.29 is 4.74 Å². The third-order valence-corrected chi connectivity index (χ3v) is 2.79. The zero-order valence-corrected chi connectivity index (χ0v) is 11.6. The van der Waals surface area contributed by atoms with Gasteiger partial charge >= 0.3 is 0 Å². The van der Waals surface area contributed by atoms with Crippen LogP contribution in [-0.4, -0.2) is 30.7 Å². The molecule has 106 valence electrons. The first-order valence-electron chi connectivity index (χ1n) is 6.38. The lowest BCUT2D eigenvalue weighted by Crippen LogP contribution is -2.37. The van der Waals surface area contributed by atoms with Gasteiger partial charge in [0.15, 0.2) is 0 Å². The first kappa shape index (κ1) is 14.2. The molecule has 0 saturated carbocycles. The second-order valence-electron chi connectivity index (χ2n) is 4.43. The molecule has 1 aromatic carbocycles. The lowest BCUT2D eigenvalue weighted by molar-refractivity contribution is 0.185. The zero-order valence-electron chi connectivity index (χ0n) is 11.6. The topological polar surface area (TPSA) is 84.6 Å². The molecule has 1 atom stereocenters. The van der Waals surface area contributed by atoms with Crippen molar-refractivity contribution in [1.29, 1.82) is 0 Å². The molecule has 0 amide bonds. The van der Waals surface area contributed by atoms with Crippen LogP contribution in [0.1, 0.15) is 6.92 Å². The molecule has 6 heteroatoms. The van der Waals surface area contributed by atoms with Crippen molar-refractivity contribution in [3.8, 4) is 0 Å². The maximum atomic E-state index is 5.51. The summed E-state index contributed by atoms with van der Waals surface area (Å²) in [6.45, 7) is 2.48. The average molecular weight is 273 g/mol. The second-order valence-corrected chi connectivity index (χ2v) is 4.43. The number of nitrogens with one attached hydrogen (secondary N) is 2. The van der Waals surface area contributed by atoms with E-state index in [4.69, 9.17) is 10.6 Å². The molecule has 1 heterocycles. The van der Waals surface area contributed by atoms with E-state index < -0.39 is 0 Å². The van der Waals surface area contributed by atoms with Crippen LogP contribution in [0.3, 0.4) is 0 Å². The van der Waals surface area contributed by atoms with Crippen LogP contribution in [0, 0.1) is 0 Å². The van der Waals surface area contributed by atoms with Crippen LogP contribution in [0.2, 0.25) is 0 Å². The van der Waals surface area contributed by atoms with E-state index in [9.17, 15) is 0 Å². The molecular weight excluding hydrogens is 254 g/mol. The second kappa shape index (κ2) is 6.83. The van der Waals surface area contributed by atoms with E-state index >= 15 is 0 Å². The first-order valence-corrected chi connectivity index (χ1v) is 6.38. The number of pyridine rings is 1. The van der Waals surface area contributed by atoms with E-state index in [1.54, 1.807) is 13.3 Å². The summed E-state index contributed by atoms with van der Waals surface area (Å²) >= 11 is 0. The van der Waals surface area contributed by atoms with Gasteiger partial charge in [-0.1, -0.05) is 6.07 Å². The SMILES string of the molecule is COCC(C)N=C(NN)Nc1cccc2ncccc12. The number of rotatable bonds is 4. The predicted molar refractivity (Wildman–Crippen MR) is 81.5 cm³/mol. The predicted octanol–water partition coefficient (Wildman–Crippen LogP) is 1.50. The Labute approximate surface area is 118 Å². The zero-order chi connectivity index (χ0) is 14.4. The Bertz CT molecular complexity index is 594. The van der Waals surface area contributed by atoms with Crippen LogP contribution in [0.25, 0.3) is 10.9 Å². The summed E-state index contributed by atoms with van der Waals surface area (Å²) in [5, 5.41) is 4.19. The summed E-state index contributed by atoms with van der Waals surface area (Å²) in [4.78, 5) is 8.72. The molecule has 1 unspecified atom stereocenters. The number of aliphatic imine (C=N–C) groups is 1. The molecule has 0 saturated heterocycles. The minimum Gasteiger partial charge on any atom is -0.382 e. The Hall–Kier alpha value is -2.18. The fourth-order valence-corrected chi connectivity index (χ4v) is 1.94. The summed E-state index contributed by atoms with van der Waals surface area (Å²) < 4.78 is 5.06. The standard InChI is InChI=1S/C14H19N5O/c1-10(9-20-2)17-14(19-15)18-13-7-3-6-12-11(13)5-4-8-16-12/h3-8,10H,9,15H2,1-2H3,(H2,17,18,19). The van der Waals surface area contributed by atoms with Gasteiger partial charge in [-0.2, -0.15) is 0 Å². The number of hydrogen-bond donors (Lipinski definition) is 3. The fraction of sp³-hybridized carbons (Fsp3) is 0.286. The van der Waals surface area contributed by atoms with Crippen molar-refractivity contribution in [3.63, 3.8) is 0 Å². The van der Waals surface area contributed by atoms with Crippen LogP contribution in [0.4, 0.5) is 5.69 Å². The number of hydrazine groups is 1. The summed E-state index contributed by atoms with van der Waals surface area (Å²) in [7, 11) is 1.64. The van der Waals surface area contributed by atoms with E-state index in [1.165, 1.54) is 0 Å². The van der Waals surface area contributed by atoms with E-state index in [0.717, 1.165) is 16.6 Å². The molecule has 0 aliphatic rings. The smallest absolute Gasteiger partial charge is 0.210 e. The molecule has 6 nitrogen and oxygen atoms in total. The van der Waals surface area contributed by atoms with Crippen LogP contribution < -0.4 is 16.6 Å². The molecule has 0 spiro atoms. The Kier molecular flexibility index (Phi) is 4.86. The normalized spacial score (nSPS) is 13.2. The van der Waals surface area contributed by atoms with Gasteiger partial charge in [0.25, 0.3) is 0 Å². The van der Waals surface area contributed by atoms with Crippen LogP contribution >= 0.6 is 0 Å². The average Bonchev–Trinajstić information content (AvgIpc) is 2.47. The van der Waals surface area contributed by atoms with Crippen molar-refractivity contribution in [3.05, 3.63) is 36.5 Å². The highest BCUT2D eigenvalue weighted by Crippen LogP contribution is 2.21. The van der Waals surface area contributed by atoms with Crippen molar-refractivity contribution in [2.45, 2.75) is 13.0 Å². The fourth-order valence-electron chi connectivity index (χ4n) is 1.94. The van der Waals surface area contributed by atoms with E-state index in [1.807, 2.05) is 37.3 Å². The number of benzene rings is 1. The van der Waals surface area contributed by atoms with Crippen LogP contribution in [0.15, 0.2) is 41.5 Å². The highest BCUT2D eigenvalue weighted by atomic mass is 16.5. The van der Waals surface area contributed by atoms with E-state index in [-0.39, 0.29) is 6.04 Å². The van der Waals surface area contributed by atoms with Crippen molar-refractivity contribution in [1.82, 2.24) is 10.4 Å². The Balaban J connectivity index is 2.26. The lowest BCUT2D eigenvalue weighted by Gasteiger charge is -2.13. The van der Waals surface area contributed by atoms with Crippen LogP contribution in [0.5, 0.6) is 0 Å². The third-order valence-electron chi connectivity index (χ3n) is 2.79. The number of hydrogen-bond acceptors (Lipinski definition) is 4. The summed E-state index contributed by atoms with van der Waals surface area (Å²) in [6.07, 6.45) is 1.77. The molecule has 0 aliphatic heterocycles. The van der Waals surface area contributed by atoms with Gasteiger partial charge in [0.2, 0.25) is 5.96 Å². The number of anilines is 1. The first-order chi connectivity index (χ1) is 9.74. The molecule has 0 fully saturated rings. The van der Waals surface area contributed by atoms with Gasteiger partial charge in [-0.05, 0) is 31.2 Å². The molecular formula is C14H19N5O. The molecule has 0 bridgehead atoms. The van der Waals surface area contributed by atoms with Gasteiger partial charge in [0, 0.05) is 18.7 Å². The number of nitrogens with two attached hydrogens (primary N) is 1. The minimum absolute atomic E-state index is 0.00616. The molecule has 4 N–H and O–H groups in total. The largest absolute Gasteiger partial charge is 0.382 e. The van der Waals surface area contributed by atoms with Gasteiger partial charge in [-0.25, -0.2) is 10.8 Å². The molecule has 0 radical (unpaired) electrons. The third kappa shape index (κ3) is 3.43. The molecule has 2 aromatic rings. The summed E-state index contributed by atoms with van der Waals surface area (Å²) in [6, 6.07) is 9.75. The highest BCUT2D eigenvalue weighted by molar-refractivity contribution is 6.02. The van der Waals surface area contributed by atoms with Crippen molar-refractivity contribution in [2.75, 3.05) is 19.0 Å². The number of aromatic nitrogens is 1. The molecule has 20 heavy (non-hydrogen) atoms. The highest BCUT2D eigenvalue weighted by Gasteiger charge is 2.05. The van der Waals surface area contributed by atoms with Gasteiger partial charge in [0.05, 0.1) is 23.9 Å². The lowest BCUT2D eigenvalue weighted by atomic mass is 10.2. The molecule has 0 aliphatic carbocycles. The van der Waals surface area contributed by atoms with Gasteiger partial charge in [0.1, 0.15) is 0 Å². The van der Waals surface area contributed by atoms with E-state index in [2.05, 4.69) is 20.7 Å². The van der Waals surface area contributed by atoms with Crippen LogP contribution in [-0.2, 0) is 4.74 Å². The molecule has 1 aromatic heterocycles. The number of methoxy groups -OCH3 is 1.